The molecule has 0 aliphatic carbocycles. The lowest BCUT2D eigenvalue weighted by atomic mass is 9.91. The Balaban J connectivity index is 1.97. The van der Waals surface area contributed by atoms with E-state index in [4.69, 9.17) is 15.2 Å². The van der Waals surface area contributed by atoms with Gasteiger partial charge in [-0.2, -0.15) is 0 Å². The molecule has 3 N–H and O–H groups in total. The van der Waals surface area contributed by atoms with Gasteiger partial charge in [0.05, 0.1) is 37.6 Å². The van der Waals surface area contributed by atoms with Crippen LogP contribution in [0.3, 0.4) is 0 Å². The standard InChI is InChI=1S/C15H21N3O3/c1-20-13-6-10(16)11(7-14(13)21-2)18-5-3-4-9-12(18)8-17-15(9)19/h6-7,9,12H,3-5,8,16H2,1-2H3,(H,17,19). The van der Waals surface area contributed by atoms with Gasteiger partial charge >= 0.3 is 0 Å². The van der Waals surface area contributed by atoms with Gasteiger partial charge in [-0.1, -0.05) is 0 Å². The molecular formula is C15H21N3O3. The lowest BCUT2D eigenvalue weighted by Crippen LogP contribution is -2.46. The molecule has 0 radical (unpaired) electrons. The SMILES string of the molecule is COc1cc(N)c(N2CCCC3C(=O)NCC32)cc1OC. The molecule has 2 atom stereocenters. The number of nitrogen functional groups attached to an aromatic ring is 1. The Bertz CT molecular complexity index is 561. The molecule has 2 fully saturated rings. The molecule has 2 aliphatic heterocycles. The first-order valence-corrected chi connectivity index (χ1v) is 7.21. The second kappa shape index (κ2) is 5.35. The van der Waals surface area contributed by atoms with Crippen LogP contribution in [-0.2, 0) is 4.79 Å². The van der Waals surface area contributed by atoms with Crippen molar-refractivity contribution in [3.63, 3.8) is 0 Å². The van der Waals surface area contributed by atoms with E-state index in [9.17, 15) is 4.79 Å². The van der Waals surface area contributed by atoms with Gasteiger partial charge in [0.25, 0.3) is 0 Å². The number of ether oxygens (including phenoxy) is 2. The molecule has 2 unspecified atom stereocenters. The summed E-state index contributed by atoms with van der Waals surface area (Å²) in [6.45, 7) is 1.58. The zero-order valence-electron chi connectivity index (χ0n) is 12.4. The van der Waals surface area contributed by atoms with Crippen LogP contribution in [-0.4, -0.2) is 39.3 Å². The molecule has 1 amide bonds. The minimum atomic E-state index is 0.0613. The van der Waals surface area contributed by atoms with Crippen LogP contribution in [0.4, 0.5) is 11.4 Å². The highest BCUT2D eigenvalue weighted by molar-refractivity contribution is 5.84. The molecule has 0 aromatic heterocycles. The number of hydrogen-bond donors (Lipinski definition) is 2. The molecule has 0 spiro atoms. The van der Waals surface area contributed by atoms with Gasteiger partial charge in [0.1, 0.15) is 0 Å². The summed E-state index contributed by atoms with van der Waals surface area (Å²) in [6.07, 6.45) is 1.93. The Morgan fingerprint density at radius 2 is 2.00 bits per heavy atom. The van der Waals surface area contributed by atoms with E-state index in [1.807, 2.05) is 6.07 Å². The number of amides is 1. The summed E-state index contributed by atoms with van der Waals surface area (Å²) in [7, 11) is 3.20. The number of methoxy groups -OCH3 is 2. The second-order valence-corrected chi connectivity index (χ2v) is 5.52. The summed E-state index contributed by atoms with van der Waals surface area (Å²) in [5.41, 5.74) is 7.75. The van der Waals surface area contributed by atoms with Crippen molar-refractivity contribution in [3.8, 4) is 11.5 Å². The van der Waals surface area contributed by atoms with E-state index in [0.717, 1.165) is 25.1 Å². The normalized spacial score (nSPS) is 24.5. The summed E-state index contributed by atoms with van der Waals surface area (Å²) in [6, 6.07) is 3.85. The maximum atomic E-state index is 11.9. The van der Waals surface area contributed by atoms with Crippen molar-refractivity contribution < 1.29 is 14.3 Å². The van der Waals surface area contributed by atoms with Gasteiger partial charge in [-0.05, 0) is 12.8 Å². The fourth-order valence-electron chi connectivity index (χ4n) is 3.38. The number of carbonyl (C=O) groups excluding carboxylic acids is 1. The van der Waals surface area contributed by atoms with E-state index in [0.29, 0.717) is 23.7 Å². The molecule has 114 valence electrons. The molecule has 2 aliphatic rings. The van der Waals surface area contributed by atoms with Gasteiger partial charge in [0.2, 0.25) is 5.91 Å². The van der Waals surface area contributed by atoms with E-state index in [-0.39, 0.29) is 17.9 Å². The highest BCUT2D eigenvalue weighted by Crippen LogP contribution is 2.40. The summed E-state index contributed by atoms with van der Waals surface area (Å²) in [5.74, 6) is 1.49. The fourth-order valence-corrected chi connectivity index (χ4v) is 3.38. The zero-order chi connectivity index (χ0) is 15.0. The number of carbonyl (C=O) groups is 1. The van der Waals surface area contributed by atoms with Gasteiger partial charge in [-0.3, -0.25) is 4.79 Å². The summed E-state index contributed by atoms with van der Waals surface area (Å²) < 4.78 is 10.6. The summed E-state index contributed by atoms with van der Waals surface area (Å²) in [5, 5.41) is 2.95. The topological polar surface area (TPSA) is 76.8 Å². The first-order chi connectivity index (χ1) is 10.2. The summed E-state index contributed by atoms with van der Waals surface area (Å²) >= 11 is 0. The van der Waals surface area contributed by atoms with Gasteiger partial charge in [0.15, 0.2) is 11.5 Å². The number of benzene rings is 1. The van der Waals surface area contributed by atoms with Crippen LogP contribution in [0.2, 0.25) is 0 Å². The van der Waals surface area contributed by atoms with E-state index in [2.05, 4.69) is 10.2 Å². The number of fused-ring (bicyclic) bond motifs is 1. The first kappa shape index (κ1) is 13.9. The fraction of sp³-hybridized carbons (Fsp3) is 0.533. The second-order valence-electron chi connectivity index (χ2n) is 5.52. The first-order valence-electron chi connectivity index (χ1n) is 7.21. The number of piperidine rings is 1. The van der Waals surface area contributed by atoms with Crippen molar-refractivity contribution in [2.45, 2.75) is 18.9 Å². The van der Waals surface area contributed by atoms with Crippen LogP contribution >= 0.6 is 0 Å². The van der Waals surface area contributed by atoms with E-state index in [1.54, 1.807) is 20.3 Å². The van der Waals surface area contributed by atoms with E-state index >= 15 is 0 Å². The van der Waals surface area contributed by atoms with Crippen LogP contribution in [0.25, 0.3) is 0 Å². The minimum absolute atomic E-state index is 0.0613. The molecule has 0 saturated carbocycles. The van der Waals surface area contributed by atoms with E-state index < -0.39 is 0 Å². The zero-order valence-corrected chi connectivity index (χ0v) is 12.4. The lowest BCUT2D eigenvalue weighted by molar-refractivity contribution is -0.122. The van der Waals surface area contributed by atoms with Crippen LogP contribution in [0.5, 0.6) is 11.5 Å². The minimum Gasteiger partial charge on any atom is -0.493 e. The molecule has 6 heteroatoms. The molecule has 2 heterocycles. The number of nitrogens with zero attached hydrogens (tertiary/aromatic N) is 1. The van der Waals surface area contributed by atoms with E-state index in [1.165, 1.54) is 0 Å². The molecular weight excluding hydrogens is 270 g/mol. The maximum absolute atomic E-state index is 11.9. The number of nitrogens with one attached hydrogen (secondary N) is 1. The maximum Gasteiger partial charge on any atom is 0.225 e. The predicted octanol–water partition coefficient (Wildman–Crippen LogP) is 1.00. The Hall–Kier alpha value is -2.11. The van der Waals surface area contributed by atoms with Crippen molar-refractivity contribution in [2.24, 2.45) is 5.92 Å². The number of nitrogens with two attached hydrogens (primary N) is 1. The average Bonchev–Trinajstić information content (AvgIpc) is 2.89. The van der Waals surface area contributed by atoms with Crippen LogP contribution in [0.15, 0.2) is 12.1 Å². The van der Waals surface area contributed by atoms with Crippen molar-refractivity contribution in [1.82, 2.24) is 5.32 Å². The lowest BCUT2D eigenvalue weighted by Gasteiger charge is -2.38. The van der Waals surface area contributed by atoms with Crippen molar-refractivity contribution >= 4 is 17.3 Å². The molecule has 3 rings (SSSR count). The predicted molar refractivity (Wildman–Crippen MR) is 80.8 cm³/mol. The number of anilines is 2. The van der Waals surface area contributed by atoms with Crippen LogP contribution in [0.1, 0.15) is 12.8 Å². The molecule has 0 bridgehead atoms. The quantitative estimate of drug-likeness (QED) is 0.813. The molecule has 6 nitrogen and oxygen atoms in total. The van der Waals surface area contributed by atoms with Crippen molar-refractivity contribution in [1.29, 1.82) is 0 Å². The molecule has 1 aromatic rings. The Morgan fingerprint density at radius 3 is 2.71 bits per heavy atom. The Morgan fingerprint density at radius 1 is 1.29 bits per heavy atom. The Labute approximate surface area is 124 Å². The molecule has 2 saturated heterocycles. The highest BCUT2D eigenvalue weighted by atomic mass is 16.5. The number of hydrogen-bond acceptors (Lipinski definition) is 5. The smallest absolute Gasteiger partial charge is 0.225 e. The third kappa shape index (κ3) is 2.24. The average molecular weight is 291 g/mol. The van der Waals surface area contributed by atoms with Crippen LogP contribution < -0.4 is 25.4 Å². The monoisotopic (exact) mass is 291 g/mol. The molecule has 21 heavy (non-hydrogen) atoms. The Kier molecular flexibility index (Phi) is 3.53. The number of rotatable bonds is 3. The third-order valence-corrected chi connectivity index (χ3v) is 4.44. The van der Waals surface area contributed by atoms with Crippen LogP contribution in [0, 0.1) is 5.92 Å². The van der Waals surface area contributed by atoms with Gasteiger partial charge in [-0.25, -0.2) is 0 Å². The van der Waals surface area contributed by atoms with Crippen molar-refractivity contribution in [2.75, 3.05) is 37.9 Å². The highest BCUT2D eigenvalue weighted by Gasteiger charge is 2.41. The summed E-state index contributed by atoms with van der Waals surface area (Å²) in [4.78, 5) is 14.1. The van der Waals surface area contributed by atoms with Gasteiger partial charge in [-0.15, -0.1) is 0 Å². The van der Waals surface area contributed by atoms with Gasteiger partial charge in [0, 0.05) is 25.2 Å². The largest absolute Gasteiger partial charge is 0.493 e. The van der Waals surface area contributed by atoms with Gasteiger partial charge < -0.3 is 25.4 Å². The van der Waals surface area contributed by atoms with Crippen molar-refractivity contribution in [3.05, 3.63) is 12.1 Å². The third-order valence-electron chi connectivity index (χ3n) is 4.44. The molecule has 1 aromatic carbocycles.